The van der Waals surface area contributed by atoms with Gasteiger partial charge in [0.25, 0.3) is 0 Å². The third-order valence-corrected chi connectivity index (χ3v) is 2.48. The minimum Gasteiger partial charge on any atom is -0.399 e. The van der Waals surface area contributed by atoms with Crippen molar-refractivity contribution >= 4 is 33.0 Å². The summed E-state index contributed by atoms with van der Waals surface area (Å²) in [7, 11) is 0. The maximum Gasteiger partial charge on any atom is 0.0868 e. The van der Waals surface area contributed by atoms with Crippen molar-refractivity contribution in [1.82, 2.24) is 0 Å². The summed E-state index contributed by atoms with van der Waals surface area (Å²) in [6, 6.07) is 14.9. The first kappa shape index (κ1) is 10.8. The fourth-order valence-electron chi connectivity index (χ4n) is 1.19. The lowest BCUT2D eigenvalue weighted by molar-refractivity contribution is 1.23. The monoisotopic (exact) mass is 275 g/mol. The maximum absolute atomic E-state index is 5.58. The van der Waals surface area contributed by atoms with Crippen LogP contribution in [0.5, 0.6) is 0 Å². The van der Waals surface area contributed by atoms with Crippen LogP contribution in [0.25, 0.3) is 0 Å². The van der Waals surface area contributed by atoms with E-state index in [0.29, 0.717) is 0 Å². The average molecular weight is 276 g/mol. The molecule has 4 heteroatoms. The Kier molecular flexibility index (Phi) is 3.31. The zero-order valence-corrected chi connectivity index (χ0v) is 10.1. The van der Waals surface area contributed by atoms with E-state index in [0.717, 1.165) is 21.5 Å². The van der Waals surface area contributed by atoms with E-state index in [2.05, 4.69) is 26.2 Å². The van der Waals surface area contributed by atoms with E-state index in [9.17, 15) is 0 Å². The Hall–Kier alpha value is -1.68. The first-order valence-corrected chi connectivity index (χ1v) is 5.56. The van der Waals surface area contributed by atoms with E-state index in [1.807, 2.05) is 36.4 Å². The molecule has 0 amide bonds. The van der Waals surface area contributed by atoms with Gasteiger partial charge in [-0.3, -0.25) is 0 Å². The molecule has 80 valence electrons. The van der Waals surface area contributed by atoms with E-state index in [1.165, 1.54) is 0 Å². The van der Waals surface area contributed by atoms with Gasteiger partial charge < -0.3 is 5.73 Å². The van der Waals surface area contributed by atoms with Crippen LogP contribution in [0.2, 0.25) is 0 Å². The molecule has 2 aromatic carbocycles. The van der Waals surface area contributed by atoms with Crippen LogP contribution in [0, 0.1) is 0 Å². The van der Waals surface area contributed by atoms with Crippen LogP contribution in [0.3, 0.4) is 0 Å². The molecule has 0 spiro atoms. The number of azo groups is 1. The van der Waals surface area contributed by atoms with Crippen molar-refractivity contribution in [3.8, 4) is 0 Å². The molecule has 2 N–H and O–H groups in total. The fraction of sp³-hybridized carbons (Fsp3) is 0. The minimum absolute atomic E-state index is 0.724. The normalized spacial score (nSPS) is 10.8. The highest BCUT2D eigenvalue weighted by molar-refractivity contribution is 9.10. The highest BCUT2D eigenvalue weighted by Crippen LogP contribution is 2.21. The van der Waals surface area contributed by atoms with Gasteiger partial charge in [-0.15, -0.1) is 0 Å². The Bertz CT molecular complexity index is 506. The van der Waals surface area contributed by atoms with E-state index < -0.39 is 0 Å². The Balaban J connectivity index is 2.18. The Labute approximate surface area is 102 Å². The van der Waals surface area contributed by atoms with E-state index in [-0.39, 0.29) is 0 Å². The molecule has 0 bridgehead atoms. The summed E-state index contributed by atoms with van der Waals surface area (Å²) >= 11 is 3.38. The molecule has 0 aliphatic heterocycles. The van der Waals surface area contributed by atoms with Crippen molar-refractivity contribution in [2.45, 2.75) is 0 Å². The molecule has 0 saturated carbocycles. The number of nitrogens with two attached hydrogens (primary N) is 1. The number of nitrogens with zero attached hydrogens (tertiary/aromatic N) is 2. The van der Waals surface area contributed by atoms with Gasteiger partial charge in [0.1, 0.15) is 0 Å². The molecule has 0 saturated heterocycles. The smallest absolute Gasteiger partial charge is 0.0868 e. The second-order valence-electron chi connectivity index (χ2n) is 3.27. The van der Waals surface area contributed by atoms with Gasteiger partial charge in [-0.25, -0.2) is 0 Å². The Morgan fingerprint density at radius 1 is 0.875 bits per heavy atom. The molecular weight excluding hydrogens is 266 g/mol. The molecule has 0 aliphatic carbocycles. The topological polar surface area (TPSA) is 50.7 Å². The zero-order valence-electron chi connectivity index (χ0n) is 8.47. The average Bonchev–Trinajstić information content (AvgIpc) is 2.28. The first-order chi connectivity index (χ1) is 7.74. The second-order valence-corrected chi connectivity index (χ2v) is 4.19. The molecule has 3 nitrogen and oxygen atoms in total. The maximum atomic E-state index is 5.58. The van der Waals surface area contributed by atoms with Crippen LogP contribution >= 0.6 is 15.9 Å². The van der Waals surface area contributed by atoms with Crippen LogP contribution < -0.4 is 5.73 Å². The lowest BCUT2D eigenvalue weighted by atomic mass is 10.3. The number of anilines is 1. The summed E-state index contributed by atoms with van der Waals surface area (Å²) in [5.74, 6) is 0. The van der Waals surface area contributed by atoms with Gasteiger partial charge in [0, 0.05) is 10.2 Å². The zero-order chi connectivity index (χ0) is 11.4. The summed E-state index contributed by atoms with van der Waals surface area (Å²) in [5, 5.41) is 8.23. The summed E-state index contributed by atoms with van der Waals surface area (Å²) in [5.41, 5.74) is 7.90. The van der Waals surface area contributed by atoms with Crippen LogP contribution in [0.4, 0.5) is 17.1 Å². The molecule has 0 radical (unpaired) electrons. The predicted molar refractivity (Wildman–Crippen MR) is 69.2 cm³/mol. The van der Waals surface area contributed by atoms with Gasteiger partial charge in [-0.05, 0) is 42.5 Å². The molecule has 2 aromatic rings. The van der Waals surface area contributed by atoms with Crippen molar-refractivity contribution < 1.29 is 0 Å². The van der Waals surface area contributed by atoms with Gasteiger partial charge in [-0.2, -0.15) is 10.2 Å². The number of halogens is 1. The quantitative estimate of drug-likeness (QED) is 0.639. The molecule has 16 heavy (non-hydrogen) atoms. The molecule has 0 unspecified atom stereocenters. The summed E-state index contributed by atoms with van der Waals surface area (Å²) < 4.78 is 0.987. The van der Waals surface area contributed by atoms with Crippen LogP contribution in [-0.2, 0) is 0 Å². The van der Waals surface area contributed by atoms with E-state index in [4.69, 9.17) is 5.73 Å². The van der Waals surface area contributed by atoms with Gasteiger partial charge in [0.2, 0.25) is 0 Å². The minimum atomic E-state index is 0.724. The van der Waals surface area contributed by atoms with E-state index in [1.54, 1.807) is 12.1 Å². The van der Waals surface area contributed by atoms with Crippen molar-refractivity contribution in [2.75, 3.05) is 5.73 Å². The summed E-state index contributed by atoms with van der Waals surface area (Å²) in [4.78, 5) is 0. The van der Waals surface area contributed by atoms with Gasteiger partial charge in [0.15, 0.2) is 0 Å². The third kappa shape index (κ3) is 2.90. The largest absolute Gasteiger partial charge is 0.399 e. The Morgan fingerprint density at radius 3 is 2.25 bits per heavy atom. The van der Waals surface area contributed by atoms with Crippen molar-refractivity contribution in [3.63, 3.8) is 0 Å². The lowest BCUT2D eigenvalue weighted by Crippen LogP contribution is -1.80. The van der Waals surface area contributed by atoms with Crippen molar-refractivity contribution in [2.24, 2.45) is 10.2 Å². The van der Waals surface area contributed by atoms with Gasteiger partial charge in [0.05, 0.1) is 11.4 Å². The summed E-state index contributed by atoms with van der Waals surface area (Å²) in [6.45, 7) is 0. The highest BCUT2D eigenvalue weighted by atomic mass is 79.9. The first-order valence-electron chi connectivity index (χ1n) is 4.77. The molecule has 2 rings (SSSR count). The van der Waals surface area contributed by atoms with E-state index >= 15 is 0 Å². The predicted octanol–water partition coefficient (Wildman–Crippen LogP) is 4.45. The number of rotatable bonds is 2. The molecule has 0 heterocycles. The number of hydrogen-bond acceptors (Lipinski definition) is 3. The molecule has 0 aromatic heterocycles. The second kappa shape index (κ2) is 4.90. The SMILES string of the molecule is Nc1ccc(N=Nc2cccc(Br)c2)cc1. The molecule has 0 aliphatic rings. The fourth-order valence-corrected chi connectivity index (χ4v) is 1.58. The van der Waals surface area contributed by atoms with Gasteiger partial charge >= 0.3 is 0 Å². The van der Waals surface area contributed by atoms with Crippen molar-refractivity contribution in [3.05, 3.63) is 53.0 Å². The third-order valence-electron chi connectivity index (χ3n) is 1.98. The highest BCUT2D eigenvalue weighted by Gasteiger charge is 1.92. The van der Waals surface area contributed by atoms with Crippen molar-refractivity contribution in [1.29, 1.82) is 0 Å². The standard InChI is InChI=1S/C12H10BrN3/c13-9-2-1-3-12(8-9)16-15-11-6-4-10(14)5-7-11/h1-8H,14H2. The molecule has 0 fully saturated rings. The summed E-state index contributed by atoms with van der Waals surface area (Å²) in [6.07, 6.45) is 0. The van der Waals surface area contributed by atoms with Crippen LogP contribution in [-0.4, -0.2) is 0 Å². The number of hydrogen-bond donors (Lipinski definition) is 1. The number of nitrogen functional groups attached to an aromatic ring is 1. The Morgan fingerprint density at radius 2 is 1.56 bits per heavy atom. The lowest BCUT2D eigenvalue weighted by Gasteiger charge is -1.95. The molecule has 0 atom stereocenters. The van der Waals surface area contributed by atoms with Gasteiger partial charge in [-0.1, -0.05) is 22.0 Å². The molecular formula is C12H10BrN3. The van der Waals surface area contributed by atoms with Crippen LogP contribution in [0.1, 0.15) is 0 Å². The van der Waals surface area contributed by atoms with Crippen LogP contribution in [0.15, 0.2) is 63.2 Å². The number of benzene rings is 2.